The van der Waals surface area contributed by atoms with E-state index in [4.69, 9.17) is 5.26 Å². The van der Waals surface area contributed by atoms with Crippen molar-refractivity contribution in [1.29, 1.82) is 5.26 Å². The quantitative estimate of drug-likeness (QED) is 0.756. The van der Waals surface area contributed by atoms with E-state index in [0.29, 0.717) is 11.6 Å². The van der Waals surface area contributed by atoms with Crippen molar-refractivity contribution >= 4 is 11.6 Å². The highest BCUT2D eigenvalue weighted by molar-refractivity contribution is 5.95. The van der Waals surface area contributed by atoms with Crippen LogP contribution in [0.4, 0.5) is 10.1 Å². The molecule has 1 aromatic carbocycles. The van der Waals surface area contributed by atoms with Crippen LogP contribution in [0.3, 0.4) is 0 Å². The summed E-state index contributed by atoms with van der Waals surface area (Å²) in [6.45, 7) is 8.71. The van der Waals surface area contributed by atoms with Crippen LogP contribution in [0, 0.1) is 36.9 Å². The standard InChI is InChI=1S/C19H23FN4O/c1-13(2)12-24-15(4)18(14(3)22-24)11-19(25)23(9-8-21)17-7-5-6-16(20)10-17/h5-7,10,13H,9,11-12H2,1-4H3. The third-order valence-corrected chi connectivity index (χ3v) is 4.05. The summed E-state index contributed by atoms with van der Waals surface area (Å²) >= 11 is 0. The van der Waals surface area contributed by atoms with Crippen LogP contribution in [0.15, 0.2) is 24.3 Å². The Morgan fingerprint density at radius 2 is 2.12 bits per heavy atom. The number of carbonyl (C=O) groups is 1. The molecule has 0 aliphatic heterocycles. The Bertz CT molecular complexity index is 804. The number of aryl methyl sites for hydroxylation is 1. The first-order valence-electron chi connectivity index (χ1n) is 8.29. The Balaban J connectivity index is 2.27. The van der Waals surface area contributed by atoms with Crippen molar-refractivity contribution in [3.8, 4) is 6.07 Å². The Labute approximate surface area is 147 Å². The van der Waals surface area contributed by atoms with E-state index < -0.39 is 5.82 Å². The van der Waals surface area contributed by atoms with Crippen LogP contribution in [0.5, 0.6) is 0 Å². The van der Waals surface area contributed by atoms with Crippen molar-refractivity contribution < 1.29 is 9.18 Å². The molecule has 0 atom stereocenters. The molecule has 0 N–H and O–H groups in total. The number of aromatic nitrogens is 2. The topological polar surface area (TPSA) is 61.9 Å². The van der Waals surface area contributed by atoms with Gasteiger partial charge >= 0.3 is 0 Å². The molecule has 0 saturated carbocycles. The molecule has 0 spiro atoms. The predicted molar refractivity (Wildman–Crippen MR) is 94.6 cm³/mol. The van der Waals surface area contributed by atoms with Crippen LogP contribution in [0.25, 0.3) is 0 Å². The molecule has 6 heteroatoms. The Morgan fingerprint density at radius 3 is 2.72 bits per heavy atom. The Morgan fingerprint density at radius 1 is 1.40 bits per heavy atom. The van der Waals surface area contributed by atoms with Gasteiger partial charge in [0.05, 0.1) is 18.2 Å². The van der Waals surface area contributed by atoms with Gasteiger partial charge in [0.25, 0.3) is 0 Å². The second kappa shape index (κ2) is 7.93. The largest absolute Gasteiger partial charge is 0.298 e. The number of rotatable bonds is 6. The molecule has 1 aromatic heterocycles. The molecule has 1 heterocycles. The maximum absolute atomic E-state index is 13.5. The summed E-state index contributed by atoms with van der Waals surface area (Å²) in [6.07, 6.45) is 0.133. The predicted octanol–water partition coefficient (Wildman–Crippen LogP) is 3.39. The molecule has 5 nitrogen and oxygen atoms in total. The van der Waals surface area contributed by atoms with Gasteiger partial charge in [-0.1, -0.05) is 19.9 Å². The fourth-order valence-corrected chi connectivity index (χ4v) is 2.80. The fraction of sp³-hybridized carbons (Fsp3) is 0.421. The summed E-state index contributed by atoms with van der Waals surface area (Å²) in [5.41, 5.74) is 3.01. The van der Waals surface area contributed by atoms with E-state index >= 15 is 0 Å². The summed E-state index contributed by atoms with van der Waals surface area (Å²) in [6, 6.07) is 7.70. The van der Waals surface area contributed by atoms with Crippen molar-refractivity contribution in [3.63, 3.8) is 0 Å². The lowest BCUT2D eigenvalue weighted by Crippen LogP contribution is -2.33. The number of hydrogen-bond donors (Lipinski definition) is 0. The molecule has 132 valence electrons. The summed E-state index contributed by atoms with van der Waals surface area (Å²) in [5.74, 6) is -0.239. The van der Waals surface area contributed by atoms with Gasteiger partial charge in [0.1, 0.15) is 12.4 Å². The fourth-order valence-electron chi connectivity index (χ4n) is 2.80. The van der Waals surface area contributed by atoms with Crippen molar-refractivity contribution in [3.05, 3.63) is 47.0 Å². The van der Waals surface area contributed by atoms with E-state index in [9.17, 15) is 9.18 Å². The second-order valence-corrected chi connectivity index (χ2v) is 6.52. The number of carbonyl (C=O) groups excluding carboxylic acids is 1. The number of hydrogen-bond acceptors (Lipinski definition) is 3. The molecule has 0 unspecified atom stereocenters. The van der Waals surface area contributed by atoms with Crippen molar-refractivity contribution in [2.24, 2.45) is 5.92 Å². The number of benzene rings is 1. The van der Waals surface area contributed by atoms with Gasteiger partial charge in [0.15, 0.2) is 0 Å². The van der Waals surface area contributed by atoms with E-state index in [1.807, 2.05) is 24.6 Å². The van der Waals surface area contributed by atoms with Gasteiger partial charge in [-0.25, -0.2) is 4.39 Å². The van der Waals surface area contributed by atoms with Gasteiger partial charge in [-0.05, 0) is 38.0 Å². The van der Waals surface area contributed by atoms with Gasteiger partial charge in [-0.2, -0.15) is 10.4 Å². The Kier molecular flexibility index (Phi) is 5.92. The second-order valence-electron chi connectivity index (χ2n) is 6.52. The highest BCUT2D eigenvalue weighted by Gasteiger charge is 2.21. The Hall–Kier alpha value is -2.68. The summed E-state index contributed by atoms with van der Waals surface area (Å²) < 4.78 is 15.4. The van der Waals surface area contributed by atoms with E-state index in [0.717, 1.165) is 23.5 Å². The first kappa shape index (κ1) is 18.7. The lowest BCUT2D eigenvalue weighted by atomic mass is 10.1. The lowest BCUT2D eigenvalue weighted by molar-refractivity contribution is -0.117. The zero-order chi connectivity index (χ0) is 18.6. The third kappa shape index (κ3) is 4.44. The molecule has 0 saturated heterocycles. The number of amides is 1. The molecule has 2 aromatic rings. The summed E-state index contributed by atoms with van der Waals surface area (Å²) in [4.78, 5) is 14.1. The minimum atomic E-state index is -0.439. The molecule has 0 bridgehead atoms. The summed E-state index contributed by atoms with van der Waals surface area (Å²) in [7, 11) is 0. The summed E-state index contributed by atoms with van der Waals surface area (Å²) in [5, 5.41) is 13.6. The minimum Gasteiger partial charge on any atom is -0.298 e. The number of anilines is 1. The van der Waals surface area contributed by atoms with Crippen molar-refractivity contribution in [1.82, 2.24) is 9.78 Å². The molecule has 0 fully saturated rings. The molecule has 0 radical (unpaired) electrons. The highest BCUT2D eigenvalue weighted by atomic mass is 19.1. The number of nitrogens with zero attached hydrogens (tertiary/aromatic N) is 4. The van der Waals surface area contributed by atoms with E-state index in [1.54, 1.807) is 6.07 Å². The minimum absolute atomic E-state index is 0.124. The van der Waals surface area contributed by atoms with Gasteiger partial charge in [0.2, 0.25) is 5.91 Å². The van der Waals surface area contributed by atoms with Crippen molar-refractivity contribution in [2.45, 2.75) is 40.7 Å². The molecule has 2 rings (SSSR count). The molecule has 0 aliphatic rings. The van der Waals surface area contributed by atoms with E-state index in [1.165, 1.54) is 23.1 Å². The van der Waals surface area contributed by atoms with Crippen LogP contribution in [-0.2, 0) is 17.8 Å². The zero-order valence-corrected chi connectivity index (χ0v) is 15.1. The molecule has 0 aliphatic carbocycles. The van der Waals surface area contributed by atoms with Crippen LogP contribution < -0.4 is 4.90 Å². The first-order valence-corrected chi connectivity index (χ1v) is 8.29. The van der Waals surface area contributed by atoms with Gasteiger partial charge in [0, 0.05) is 23.5 Å². The average molecular weight is 342 g/mol. The zero-order valence-electron chi connectivity index (χ0n) is 15.1. The van der Waals surface area contributed by atoms with Gasteiger partial charge in [-0.3, -0.25) is 14.4 Å². The van der Waals surface area contributed by atoms with Crippen LogP contribution >= 0.6 is 0 Å². The normalized spacial score (nSPS) is 10.8. The van der Waals surface area contributed by atoms with E-state index in [-0.39, 0.29) is 18.9 Å². The number of nitriles is 1. The SMILES string of the molecule is Cc1nn(CC(C)C)c(C)c1CC(=O)N(CC#N)c1cccc(F)c1. The highest BCUT2D eigenvalue weighted by Crippen LogP contribution is 2.20. The van der Waals surface area contributed by atoms with Crippen LogP contribution in [0.1, 0.15) is 30.8 Å². The molecular weight excluding hydrogens is 319 g/mol. The van der Waals surface area contributed by atoms with Crippen LogP contribution in [-0.4, -0.2) is 22.2 Å². The lowest BCUT2D eigenvalue weighted by Gasteiger charge is -2.20. The molecule has 1 amide bonds. The van der Waals surface area contributed by atoms with E-state index in [2.05, 4.69) is 18.9 Å². The monoisotopic (exact) mass is 342 g/mol. The first-order chi connectivity index (χ1) is 11.8. The molecular formula is C19H23FN4O. The van der Waals surface area contributed by atoms with Gasteiger partial charge in [-0.15, -0.1) is 0 Å². The maximum Gasteiger partial charge on any atom is 0.232 e. The van der Waals surface area contributed by atoms with Crippen LogP contribution in [0.2, 0.25) is 0 Å². The average Bonchev–Trinajstić information content (AvgIpc) is 2.79. The van der Waals surface area contributed by atoms with Crippen molar-refractivity contribution in [2.75, 3.05) is 11.4 Å². The smallest absolute Gasteiger partial charge is 0.232 e. The third-order valence-electron chi connectivity index (χ3n) is 4.05. The maximum atomic E-state index is 13.5. The number of halogens is 1. The molecule has 25 heavy (non-hydrogen) atoms. The van der Waals surface area contributed by atoms with Gasteiger partial charge < -0.3 is 0 Å².